The van der Waals surface area contributed by atoms with Gasteiger partial charge in [-0.1, -0.05) is 125 Å². The van der Waals surface area contributed by atoms with Crippen molar-refractivity contribution in [2.45, 2.75) is 103 Å². The molecule has 3 aromatic carbocycles. The van der Waals surface area contributed by atoms with E-state index in [0.29, 0.717) is 5.92 Å². The van der Waals surface area contributed by atoms with Crippen molar-refractivity contribution in [3.63, 3.8) is 0 Å². The van der Waals surface area contributed by atoms with E-state index in [0.717, 1.165) is 46.4 Å². The largest absolute Gasteiger partial charge is 0.477 e. The molecule has 0 aliphatic heterocycles. The maximum atomic E-state index is 11.4. The minimum absolute atomic E-state index is 0.237. The van der Waals surface area contributed by atoms with E-state index < -0.39 is 5.97 Å². The zero-order valence-corrected chi connectivity index (χ0v) is 37.3. The number of nitrogens with zero attached hydrogens (tertiary/aromatic N) is 1. The number of nitriles is 1. The standard InChI is InChI=1S/C52H51NO2S4/c1-3-5-7-9-16-38-30-49(51-39(17-10-8-6-4-2)29-45(58-51)48-32-47-46(57-48)31-41(56-47)28-40(33-53)52(54)55)59-50(38)35-24-21-34(22-25-35)23-26-37-27-36-15-11-12-18-42(36)44-20-14-13-19-43(37)44/h11-15,18-22,24-25,28-32,37H,3-10,16-17,23,26-27H2,1-2H3,(H,54,55)/b40-28+. The minimum atomic E-state index is -1.19. The molecule has 0 saturated carbocycles. The number of hydrogen-bond acceptors (Lipinski definition) is 6. The van der Waals surface area contributed by atoms with Crippen molar-refractivity contribution >= 4 is 66.8 Å². The minimum Gasteiger partial charge on any atom is -0.477 e. The van der Waals surface area contributed by atoms with Crippen LogP contribution in [0.3, 0.4) is 0 Å². The summed E-state index contributed by atoms with van der Waals surface area (Å²) in [6.07, 6.45) is 16.9. The molecule has 0 fully saturated rings. The molecule has 0 saturated heterocycles. The van der Waals surface area contributed by atoms with Crippen LogP contribution in [0.5, 0.6) is 0 Å². The number of rotatable bonds is 18. The first-order valence-corrected chi connectivity index (χ1v) is 24.6. The van der Waals surface area contributed by atoms with Crippen LogP contribution in [-0.4, -0.2) is 11.1 Å². The van der Waals surface area contributed by atoms with Gasteiger partial charge in [-0.2, -0.15) is 5.26 Å². The van der Waals surface area contributed by atoms with Gasteiger partial charge in [-0.15, -0.1) is 45.3 Å². The Morgan fingerprint density at radius 1 is 0.695 bits per heavy atom. The summed E-state index contributed by atoms with van der Waals surface area (Å²) < 4.78 is 2.26. The first-order chi connectivity index (χ1) is 28.9. The van der Waals surface area contributed by atoms with Crippen molar-refractivity contribution in [3.8, 4) is 47.1 Å². The molecule has 0 bridgehead atoms. The molecule has 1 atom stereocenters. The highest BCUT2D eigenvalue weighted by atomic mass is 32.1. The number of aliphatic carboxylic acids is 1. The number of carboxylic acid groups (broad SMARTS) is 1. The lowest BCUT2D eigenvalue weighted by Gasteiger charge is -2.28. The van der Waals surface area contributed by atoms with Gasteiger partial charge in [0.05, 0.1) is 0 Å². The van der Waals surface area contributed by atoms with E-state index in [-0.39, 0.29) is 5.57 Å². The number of carboxylic acids is 1. The summed E-state index contributed by atoms with van der Waals surface area (Å²) in [4.78, 5) is 19.0. The number of thiophene rings is 4. The lowest BCUT2D eigenvalue weighted by Crippen LogP contribution is -2.12. The highest BCUT2D eigenvalue weighted by Gasteiger charge is 2.24. The molecule has 4 heterocycles. The molecular weight excluding hydrogens is 799 g/mol. The molecule has 3 nitrogen and oxygen atoms in total. The van der Waals surface area contributed by atoms with Gasteiger partial charge in [0.1, 0.15) is 11.6 Å². The predicted octanol–water partition coefficient (Wildman–Crippen LogP) is 16.3. The molecule has 1 unspecified atom stereocenters. The SMILES string of the molecule is CCCCCCc1cc(-c2sc(-c3cc4sc(/C=C(\C#N)C(=O)O)cc4s3)cc2CCCCCC)sc1-c1ccc(CCC2Cc3ccccc3-c3ccccc32)cc1. The predicted molar refractivity (Wildman–Crippen MR) is 255 cm³/mol. The lowest BCUT2D eigenvalue weighted by atomic mass is 9.76. The molecule has 1 N–H and O–H groups in total. The van der Waals surface area contributed by atoms with E-state index in [9.17, 15) is 15.2 Å². The average molecular weight is 850 g/mol. The molecule has 4 aromatic heterocycles. The van der Waals surface area contributed by atoms with Crippen LogP contribution < -0.4 is 0 Å². The van der Waals surface area contributed by atoms with Crippen LogP contribution in [0.15, 0.2) is 103 Å². The third-order valence-electron chi connectivity index (χ3n) is 11.7. The normalized spacial score (nSPS) is 13.7. The molecular formula is C52H51NO2S4. The summed E-state index contributed by atoms with van der Waals surface area (Å²) in [6.45, 7) is 4.56. The van der Waals surface area contributed by atoms with E-state index in [1.54, 1.807) is 28.7 Å². The summed E-state index contributed by atoms with van der Waals surface area (Å²) in [5, 5.41) is 18.6. The summed E-state index contributed by atoms with van der Waals surface area (Å²) in [7, 11) is 0. The molecule has 0 amide bonds. The van der Waals surface area contributed by atoms with Crippen LogP contribution >= 0.6 is 45.3 Å². The summed E-state index contributed by atoms with van der Waals surface area (Å²) >= 11 is 7.21. The summed E-state index contributed by atoms with van der Waals surface area (Å²) in [5.74, 6) is -0.659. The fourth-order valence-corrected chi connectivity index (χ4v) is 13.6. The first-order valence-electron chi connectivity index (χ1n) is 21.3. The Morgan fingerprint density at radius 3 is 2.05 bits per heavy atom. The molecule has 0 spiro atoms. The second kappa shape index (κ2) is 19.2. The van der Waals surface area contributed by atoms with Crippen LogP contribution in [0.25, 0.3) is 56.6 Å². The molecule has 300 valence electrons. The first kappa shape index (κ1) is 41.2. The van der Waals surface area contributed by atoms with Gasteiger partial charge >= 0.3 is 5.97 Å². The fraction of sp³-hybridized carbons (Fsp3) is 0.308. The van der Waals surface area contributed by atoms with Crippen LogP contribution in [0.2, 0.25) is 0 Å². The molecule has 0 radical (unpaired) electrons. The van der Waals surface area contributed by atoms with Crippen molar-refractivity contribution < 1.29 is 9.90 Å². The summed E-state index contributed by atoms with van der Waals surface area (Å²) in [6, 6.07) is 38.5. The Bertz CT molecular complexity index is 2590. The Kier molecular flexibility index (Phi) is 13.4. The van der Waals surface area contributed by atoms with Crippen LogP contribution in [0.1, 0.15) is 110 Å². The van der Waals surface area contributed by atoms with E-state index in [1.165, 1.54) is 126 Å². The van der Waals surface area contributed by atoms with Crippen molar-refractivity contribution in [3.05, 3.63) is 135 Å². The number of unbranched alkanes of at least 4 members (excludes halogenated alkanes) is 6. The van der Waals surface area contributed by atoms with Crippen LogP contribution in [0.4, 0.5) is 0 Å². The number of fused-ring (bicyclic) bond motifs is 4. The quantitative estimate of drug-likeness (QED) is 0.0531. The third kappa shape index (κ3) is 9.42. The Labute approximate surface area is 365 Å². The third-order valence-corrected chi connectivity index (χ3v) is 16.7. The number of aryl methyl sites for hydroxylation is 3. The van der Waals surface area contributed by atoms with E-state index in [4.69, 9.17) is 0 Å². The van der Waals surface area contributed by atoms with Crippen molar-refractivity contribution in [2.24, 2.45) is 0 Å². The molecule has 7 aromatic rings. The van der Waals surface area contributed by atoms with E-state index in [1.807, 2.05) is 28.7 Å². The van der Waals surface area contributed by atoms with Crippen molar-refractivity contribution in [1.29, 1.82) is 5.26 Å². The number of benzene rings is 3. The zero-order valence-electron chi connectivity index (χ0n) is 34.0. The van der Waals surface area contributed by atoms with Gasteiger partial charge in [-0.3, -0.25) is 0 Å². The fourth-order valence-electron chi connectivity index (χ4n) is 8.59. The zero-order chi connectivity index (χ0) is 40.7. The second-order valence-electron chi connectivity index (χ2n) is 15.9. The van der Waals surface area contributed by atoms with Gasteiger partial charge in [-0.25, -0.2) is 4.79 Å². The molecule has 1 aliphatic carbocycles. The Morgan fingerprint density at radius 2 is 1.34 bits per heavy atom. The molecule has 59 heavy (non-hydrogen) atoms. The lowest BCUT2D eigenvalue weighted by molar-refractivity contribution is -0.132. The number of carbonyl (C=O) groups is 1. The Balaban J connectivity index is 1.06. The topological polar surface area (TPSA) is 61.1 Å². The van der Waals surface area contributed by atoms with Crippen molar-refractivity contribution in [1.82, 2.24) is 0 Å². The number of hydrogen-bond donors (Lipinski definition) is 1. The second-order valence-corrected chi connectivity index (χ2v) is 20.2. The van der Waals surface area contributed by atoms with Gasteiger partial charge < -0.3 is 5.11 Å². The van der Waals surface area contributed by atoms with Crippen LogP contribution in [0, 0.1) is 11.3 Å². The molecule has 1 aliphatic rings. The Hall–Kier alpha value is -4.58. The monoisotopic (exact) mass is 849 g/mol. The summed E-state index contributed by atoms with van der Waals surface area (Å²) in [5.41, 5.74) is 11.2. The maximum absolute atomic E-state index is 11.4. The van der Waals surface area contributed by atoms with Gasteiger partial charge in [0, 0.05) is 38.7 Å². The van der Waals surface area contributed by atoms with Gasteiger partial charge in [0.15, 0.2) is 0 Å². The highest BCUT2D eigenvalue weighted by molar-refractivity contribution is 7.32. The van der Waals surface area contributed by atoms with E-state index >= 15 is 0 Å². The smallest absolute Gasteiger partial charge is 0.346 e. The van der Waals surface area contributed by atoms with Crippen LogP contribution in [-0.2, 0) is 30.5 Å². The average Bonchev–Trinajstić information content (AvgIpc) is 4.05. The van der Waals surface area contributed by atoms with Gasteiger partial charge in [0.25, 0.3) is 0 Å². The van der Waals surface area contributed by atoms with E-state index in [2.05, 4.69) is 105 Å². The van der Waals surface area contributed by atoms with Gasteiger partial charge in [0.2, 0.25) is 0 Å². The highest BCUT2D eigenvalue weighted by Crippen LogP contribution is 2.49. The molecule has 7 heteroatoms. The van der Waals surface area contributed by atoms with Crippen molar-refractivity contribution in [2.75, 3.05) is 0 Å². The maximum Gasteiger partial charge on any atom is 0.346 e. The van der Waals surface area contributed by atoms with Gasteiger partial charge in [-0.05, 0) is 126 Å². The molecule has 8 rings (SSSR count).